The van der Waals surface area contributed by atoms with Crippen LogP contribution < -0.4 is 10.0 Å². The maximum absolute atomic E-state index is 12.2. The summed E-state index contributed by atoms with van der Waals surface area (Å²) in [6, 6.07) is 6.97. The molecule has 0 saturated carbocycles. The van der Waals surface area contributed by atoms with Crippen molar-refractivity contribution in [1.29, 1.82) is 0 Å². The van der Waals surface area contributed by atoms with Gasteiger partial charge in [-0.25, -0.2) is 18.1 Å². The zero-order valence-electron chi connectivity index (χ0n) is 12.0. The van der Waals surface area contributed by atoms with E-state index in [-0.39, 0.29) is 0 Å². The molecule has 0 aliphatic carbocycles. The van der Waals surface area contributed by atoms with E-state index >= 15 is 0 Å². The lowest BCUT2D eigenvalue weighted by Gasteiger charge is -2.09. The van der Waals surface area contributed by atoms with E-state index in [9.17, 15) is 8.42 Å². The van der Waals surface area contributed by atoms with E-state index in [1.807, 2.05) is 17.6 Å². The topological polar surface area (TPSA) is 76.0 Å². The minimum atomic E-state index is -3.47. The minimum absolute atomic E-state index is 0.295. The van der Waals surface area contributed by atoms with Crippen molar-refractivity contribution < 1.29 is 8.42 Å². The summed E-state index contributed by atoms with van der Waals surface area (Å²) in [6.45, 7) is 4.40. The molecule has 0 saturated heterocycles. The monoisotopic (exact) mass is 308 g/mol. The molecular weight excluding hydrogens is 288 g/mol. The van der Waals surface area contributed by atoms with Gasteiger partial charge in [0.2, 0.25) is 10.0 Å². The number of benzene rings is 1. The Morgan fingerprint density at radius 1 is 1.33 bits per heavy atom. The summed E-state index contributed by atoms with van der Waals surface area (Å²) in [5, 5.41) is 3.18. The normalized spacial score (nSPS) is 11.7. The van der Waals surface area contributed by atoms with Gasteiger partial charge >= 0.3 is 0 Å². The first-order valence-electron chi connectivity index (χ1n) is 6.87. The highest BCUT2D eigenvalue weighted by molar-refractivity contribution is 7.89. The molecule has 0 fully saturated rings. The highest BCUT2D eigenvalue weighted by Gasteiger charge is 2.13. The third-order valence-corrected chi connectivity index (χ3v) is 4.47. The number of nitrogens with zero attached hydrogens (tertiary/aromatic N) is 2. The molecule has 6 nitrogen and oxygen atoms in total. The summed E-state index contributed by atoms with van der Waals surface area (Å²) in [7, 11) is -3.47. The lowest BCUT2D eigenvalue weighted by atomic mass is 10.2. The van der Waals surface area contributed by atoms with Gasteiger partial charge in [-0.2, -0.15) is 0 Å². The van der Waals surface area contributed by atoms with Gasteiger partial charge in [-0.15, -0.1) is 0 Å². The Morgan fingerprint density at radius 3 is 2.90 bits per heavy atom. The molecule has 114 valence electrons. The number of rotatable bonds is 8. The van der Waals surface area contributed by atoms with Crippen molar-refractivity contribution in [2.45, 2.75) is 24.9 Å². The quantitative estimate of drug-likeness (QED) is 0.762. The second-order valence-electron chi connectivity index (χ2n) is 4.63. The SMILES string of the molecule is CCNCc1cccc(S(=O)(=O)NCCn2ccnc2)c1. The summed E-state index contributed by atoms with van der Waals surface area (Å²) in [5.74, 6) is 0. The van der Waals surface area contributed by atoms with Crippen molar-refractivity contribution in [2.24, 2.45) is 0 Å². The van der Waals surface area contributed by atoms with Crippen LogP contribution in [0.4, 0.5) is 0 Å². The number of hydrogen-bond donors (Lipinski definition) is 2. The van der Waals surface area contributed by atoms with Crippen LogP contribution in [-0.2, 0) is 23.1 Å². The largest absolute Gasteiger partial charge is 0.336 e. The molecule has 1 heterocycles. The average Bonchev–Trinajstić information content (AvgIpc) is 2.98. The first-order chi connectivity index (χ1) is 10.1. The Labute approximate surface area is 125 Å². The molecule has 2 rings (SSSR count). The Kier molecular flexibility index (Phi) is 5.49. The fourth-order valence-corrected chi connectivity index (χ4v) is 2.99. The highest BCUT2D eigenvalue weighted by atomic mass is 32.2. The van der Waals surface area contributed by atoms with E-state index in [0.717, 1.165) is 12.1 Å². The van der Waals surface area contributed by atoms with Crippen molar-refractivity contribution in [3.05, 3.63) is 48.5 Å². The first-order valence-corrected chi connectivity index (χ1v) is 8.35. The van der Waals surface area contributed by atoms with Crippen LogP contribution >= 0.6 is 0 Å². The van der Waals surface area contributed by atoms with E-state index in [1.54, 1.807) is 36.9 Å². The first kappa shape index (κ1) is 15.7. The van der Waals surface area contributed by atoms with Crippen LogP contribution in [0, 0.1) is 0 Å². The van der Waals surface area contributed by atoms with Gasteiger partial charge in [0.15, 0.2) is 0 Å². The van der Waals surface area contributed by atoms with Crippen molar-refractivity contribution in [1.82, 2.24) is 19.6 Å². The molecule has 0 bridgehead atoms. The molecule has 1 aromatic carbocycles. The maximum Gasteiger partial charge on any atom is 0.240 e. The van der Waals surface area contributed by atoms with Gasteiger partial charge in [0.05, 0.1) is 11.2 Å². The second-order valence-corrected chi connectivity index (χ2v) is 6.39. The lowest BCUT2D eigenvalue weighted by Crippen LogP contribution is -2.27. The molecule has 7 heteroatoms. The zero-order valence-corrected chi connectivity index (χ0v) is 12.8. The van der Waals surface area contributed by atoms with Gasteiger partial charge in [0.1, 0.15) is 0 Å². The fourth-order valence-electron chi connectivity index (χ4n) is 1.90. The summed E-state index contributed by atoms with van der Waals surface area (Å²) < 4.78 is 28.9. The number of hydrogen-bond acceptors (Lipinski definition) is 4. The van der Waals surface area contributed by atoms with Crippen LogP contribution in [-0.4, -0.2) is 31.1 Å². The van der Waals surface area contributed by atoms with Crippen LogP contribution in [0.2, 0.25) is 0 Å². The van der Waals surface area contributed by atoms with E-state index in [1.165, 1.54) is 0 Å². The summed E-state index contributed by atoms with van der Waals surface area (Å²) in [5.41, 5.74) is 0.953. The number of nitrogens with one attached hydrogen (secondary N) is 2. The molecule has 21 heavy (non-hydrogen) atoms. The second kappa shape index (κ2) is 7.35. The Bertz CT molecular complexity index is 653. The van der Waals surface area contributed by atoms with Crippen LogP contribution in [0.25, 0.3) is 0 Å². The minimum Gasteiger partial charge on any atom is -0.336 e. The van der Waals surface area contributed by atoms with Gasteiger partial charge in [-0.05, 0) is 24.2 Å². The summed E-state index contributed by atoms with van der Waals surface area (Å²) in [6.07, 6.45) is 5.12. The number of sulfonamides is 1. The van der Waals surface area contributed by atoms with Crippen LogP contribution in [0.5, 0.6) is 0 Å². The Morgan fingerprint density at radius 2 is 2.19 bits per heavy atom. The van der Waals surface area contributed by atoms with E-state index < -0.39 is 10.0 Å². The van der Waals surface area contributed by atoms with Crippen molar-refractivity contribution in [3.63, 3.8) is 0 Å². The number of imidazole rings is 1. The molecule has 2 aromatic rings. The van der Waals surface area contributed by atoms with Crippen molar-refractivity contribution >= 4 is 10.0 Å². The van der Waals surface area contributed by atoms with Crippen LogP contribution in [0.3, 0.4) is 0 Å². The molecule has 0 amide bonds. The van der Waals surface area contributed by atoms with Gasteiger partial charge in [0.25, 0.3) is 0 Å². The lowest BCUT2D eigenvalue weighted by molar-refractivity contribution is 0.572. The van der Waals surface area contributed by atoms with Crippen molar-refractivity contribution in [2.75, 3.05) is 13.1 Å². The Balaban J connectivity index is 1.98. The average molecular weight is 308 g/mol. The maximum atomic E-state index is 12.2. The van der Waals surface area contributed by atoms with Crippen molar-refractivity contribution in [3.8, 4) is 0 Å². The van der Waals surface area contributed by atoms with Crippen LogP contribution in [0.1, 0.15) is 12.5 Å². The Hall–Kier alpha value is -1.70. The molecule has 0 unspecified atom stereocenters. The predicted molar refractivity (Wildman–Crippen MR) is 81.2 cm³/mol. The van der Waals surface area contributed by atoms with E-state index in [4.69, 9.17) is 0 Å². The zero-order chi connectivity index (χ0) is 15.1. The van der Waals surface area contributed by atoms with Gasteiger partial charge in [-0.3, -0.25) is 0 Å². The molecule has 0 atom stereocenters. The highest BCUT2D eigenvalue weighted by Crippen LogP contribution is 2.11. The van der Waals surface area contributed by atoms with Gasteiger partial charge in [0, 0.05) is 32.0 Å². The van der Waals surface area contributed by atoms with Gasteiger partial charge in [-0.1, -0.05) is 19.1 Å². The molecule has 1 aromatic heterocycles. The van der Waals surface area contributed by atoms with Gasteiger partial charge < -0.3 is 9.88 Å². The van der Waals surface area contributed by atoms with E-state index in [0.29, 0.717) is 24.5 Å². The summed E-state index contributed by atoms with van der Waals surface area (Å²) in [4.78, 5) is 4.21. The molecular formula is C14H20N4O2S. The smallest absolute Gasteiger partial charge is 0.240 e. The molecule has 0 spiro atoms. The van der Waals surface area contributed by atoms with Crippen LogP contribution in [0.15, 0.2) is 47.9 Å². The molecule has 0 aliphatic rings. The molecule has 0 aliphatic heterocycles. The molecule has 0 radical (unpaired) electrons. The number of aromatic nitrogens is 2. The molecule has 2 N–H and O–H groups in total. The fraction of sp³-hybridized carbons (Fsp3) is 0.357. The predicted octanol–water partition coefficient (Wildman–Crippen LogP) is 0.971. The standard InChI is InChI=1S/C14H20N4O2S/c1-2-15-11-13-4-3-5-14(10-13)21(19,20)17-7-9-18-8-6-16-12-18/h3-6,8,10,12,15,17H,2,7,9,11H2,1H3. The summed E-state index contributed by atoms with van der Waals surface area (Å²) >= 11 is 0. The third-order valence-electron chi connectivity index (χ3n) is 3.01. The van der Waals surface area contributed by atoms with E-state index in [2.05, 4.69) is 15.0 Å². The third kappa shape index (κ3) is 4.66.